The van der Waals surface area contributed by atoms with Crippen molar-refractivity contribution in [2.24, 2.45) is 10.7 Å². The number of rotatable bonds is 6. The van der Waals surface area contributed by atoms with E-state index < -0.39 is 0 Å². The first-order valence-corrected chi connectivity index (χ1v) is 8.04. The summed E-state index contributed by atoms with van der Waals surface area (Å²) in [7, 11) is 0. The van der Waals surface area contributed by atoms with Gasteiger partial charge >= 0.3 is 0 Å². The average molecular weight is 318 g/mol. The number of nitrogen functional groups attached to an aromatic ring is 1. The van der Waals surface area contributed by atoms with Gasteiger partial charge in [0, 0.05) is 12.2 Å². The number of anilines is 1. The van der Waals surface area contributed by atoms with Crippen LogP contribution in [-0.4, -0.2) is 10.8 Å². The molecule has 0 radical (unpaired) electrons. The van der Waals surface area contributed by atoms with Crippen molar-refractivity contribution in [1.82, 2.24) is 4.98 Å². The van der Waals surface area contributed by atoms with E-state index in [1.165, 1.54) is 23.9 Å². The molecule has 2 rings (SSSR count). The van der Waals surface area contributed by atoms with Crippen LogP contribution in [0.4, 0.5) is 15.9 Å². The number of nitrogens with two attached hydrogens (primary N) is 2. The molecule has 4 N–H and O–H groups in total. The summed E-state index contributed by atoms with van der Waals surface area (Å²) < 4.78 is 12.8. The summed E-state index contributed by atoms with van der Waals surface area (Å²) in [5, 5.41) is 0.801. The van der Waals surface area contributed by atoms with E-state index in [0.29, 0.717) is 23.1 Å². The van der Waals surface area contributed by atoms with Crippen LogP contribution in [0.25, 0.3) is 0 Å². The Morgan fingerprint density at radius 1 is 1.23 bits per heavy atom. The Kier molecular flexibility index (Phi) is 5.77. The van der Waals surface area contributed by atoms with Crippen molar-refractivity contribution >= 4 is 29.1 Å². The second-order valence-corrected chi connectivity index (χ2v) is 5.82. The Morgan fingerprint density at radius 2 is 1.95 bits per heavy atom. The number of hydrogen-bond donors (Lipinski definition) is 2. The maximum atomic E-state index is 12.8. The first-order valence-electron chi connectivity index (χ1n) is 7.05. The third-order valence-electron chi connectivity index (χ3n) is 2.95. The van der Waals surface area contributed by atoms with Gasteiger partial charge in [0.25, 0.3) is 0 Å². The number of benzene rings is 1. The monoisotopic (exact) mass is 318 g/mol. The van der Waals surface area contributed by atoms with Crippen molar-refractivity contribution in [2.45, 2.75) is 30.5 Å². The van der Waals surface area contributed by atoms with E-state index in [1.807, 2.05) is 19.1 Å². The Labute approximate surface area is 133 Å². The number of thioether (sulfide) groups is 1. The van der Waals surface area contributed by atoms with Crippen LogP contribution in [0.1, 0.15) is 25.3 Å². The Balaban J connectivity index is 2.03. The zero-order chi connectivity index (χ0) is 15.9. The summed E-state index contributed by atoms with van der Waals surface area (Å²) in [4.78, 5) is 8.60. The lowest BCUT2D eigenvalue weighted by atomic mass is 10.2. The molecule has 0 unspecified atom stereocenters. The second kappa shape index (κ2) is 7.79. The molecule has 1 aromatic carbocycles. The van der Waals surface area contributed by atoms with Crippen molar-refractivity contribution in [1.29, 1.82) is 0 Å². The van der Waals surface area contributed by atoms with E-state index in [9.17, 15) is 4.39 Å². The summed E-state index contributed by atoms with van der Waals surface area (Å²) in [6.07, 6.45) is 1.68. The molecule has 6 heteroatoms. The van der Waals surface area contributed by atoms with Gasteiger partial charge in [-0.3, -0.25) is 0 Å². The van der Waals surface area contributed by atoms with Crippen LogP contribution in [0.3, 0.4) is 0 Å². The Hall–Kier alpha value is -2.08. The van der Waals surface area contributed by atoms with Gasteiger partial charge in [0.1, 0.15) is 11.5 Å². The molecule has 1 heterocycles. The van der Waals surface area contributed by atoms with Crippen LogP contribution < -0.4 is 11.5 Å². The summed E-state index contributed by atoms with van der Waals surface area (Å²) in [5.74, 6) is 1.39. The second-order valence-electron chi connectivity index (χ2n) is 4.82. The number of pyridine rings is 1. The van der Waals surface area contributed by atoms with Crippen molar-refractivity contribution < 1.29 is 4.39 Å². The third-order valence-corrected chi connectivity index (χ3v) is 3.95. The largest absolute Gasteiger partial charge is 0.387 e. The molecule has 0 atom stereocenters. The molecule has 22 heavy (non-hydrogen) atoms. The zero-order valence-corrected chi connectivity index (χ0v) is 13.2. The van der Waals surface area contributed by atoms with Crippen LogP contribution >= 0.6 is 11.8 Å². The first-order chi connectivity index (χ1) is 10.6. The summed E-state index contributed by atoms with van der Waals surface area (Å²) >= 11 is 1.54. The van der Waals surface area contributed by atoms with E-state index in [0.717, 1.165) is 23.4 Å². The maximum absolute atomic E-state index is 12.8. The average Bonchev–Trinajstić information content (AvgIpc) is 2.49. The molecule has 0 spiro atoms. The molecular weight excluding hydrogens is 299 g/mol. The molecule has 2 aromatic rings. The number of halogens is 1. The molecule has 4 nitrogen and oxygen atoms in total. The van der Waals surface area contributed by atoms with Gasteiger partial charge in [-0.1, -0.05) is 19.1 Å². The predicted octanol–water partition coefficient (Wildman–Crippen LogP) is 3.88. The van der Waals surface area contributed by atoms with Gasteiger partial charge in [-0.15, -0.1) is 11.8 Å². The molecule has 0 bridgehead atoms. The van der Waals surface area contributed by atoms with E-state index >= 15 is 0 Å². The fourth-order valence-corrected chi connectivity index (χ4v) is 2.66. The lowest BCUT2D eigenvalue weighted by Crippen LogP contribution is -2.10. The van der Waals surface area contributed by atoms with Crippen LogP contribution in [0.5, 0.6) is 0 Å². The third kappa shape index (κ3) is 4.73. The van der Waals surface area contributed by atoms with Gasteiger partial charge in [0.05, 0.1) is 10.9 Å². The molecule has 1 aromatic heterocycles. The van der Waals surface area contributed by atoms with E-state index in [2.05, 4.69) is 9.98 Å². The Bertz CT molecular complexity index is 656. The highest BCUT2D eigenvalue weighted by molar-refractivity contribution is 7.98. The number of amidine groups is 1. The predicted molar refractivity (Wildman–Crippen MR) is 90.8 cm³/mol. The van der Waals surface area contributed by atoms with Crippen molar-refractivity contribution in [3.05, 3.63) is 47.8 Å². The van der Waals surface area contributed by atoms with Crippen LogP contribution in [0.2, 0.25) is 0 Å². The highest BCUT2D eigenvalue weighted by Gasteiger charge is 2.04. The van der Waals surface area contributed by atoms with Gasteiger partial charge in [-0.25, -0.2) is 14.4 Å². The lowest BCUT2D eigenvalue weighted by molar-refractivity contribution is 0.627. The molecule has 0 fully saturated rings. The molecule has 0 amide bonds. The minimum Gasteiger partial charge on any atom is -0.387 e. The van der Waals surface area contributed by atoms with Gasteiger partial charge in [-0.05, 0) is 36.2 Å². The quantitative estimate of drug-likeness (QED) is 0.481. The van der Waals surface area contributed by atoms with Crippen molar-refractivity contribution in [2.75, 3.05) is 5.73 Å². The van der Waals surface area contributed by atoms with Crippen LogP contribution in [-0.2, 0) is 5.75 Å². The van der Waals surface area contributed by atoms with Crippen LogP contribution in [0.15, 0.2) is 46.4 Å². The zero-order valence-electron chi connectivity index (χ0n) is 12.4. The summed E-state index contributed by atoms with van der Waals surface area (Å²) in [6.45, 7) is 2.04. The van der Waals surface area contributed by atoms with E-state index in [4.69, 9.17) is 11.5 Å². The SMILES string of the molecule is CCCC(N)=Nc1ccc(SCc2ccc(F)cc2)nc1N. The van der Waals surface area contributed by atoms with E-state index in [-0.39, 0.29) is 5.82 Å². The first kappa shape index (κ1) is 16.3. The Morgan fingerprint density at radius 3 is 2.59 bits per heavy atom. The fourth-order valence-electron chi connectivity index (χ4n) is 1.83. The molecule has 0 aliphatic carbocycles. The summed E-state index contributed by atoms with van der Waals surface area (Å²) in [6, 6.07) is 10.1. The topological polar surface area (TPSA) is 77.3 Å². The van der Waals surface area contributed by atoms with Crippen molar-refractivity contribution in [3.63, 3.8) is 0 Å². The highest BCUT2D eigenvalue weighted by Crippen LogP contribution is 2.27. The van der Waals surface area contributed by atoms with Gasteiger partial charge in [-0.2, -0.15) is 0 Å². The van der Waals surface area contributed by atoms with Gasteiger partial charge in [0.2, 0.25) is 0 Å². The van der Waals surface area contributed by atoms with E-state index in [1.54, 1.807) is 12.1 Å². The highest BCUT2D eigenvalue weighted by atomic mass is 32.2. The number of aliphatic imine (C=N–C) groups is 1. The number of aromatic nitrogens is 1. The van der Waals surface area contributed by atoms with Crippen LogP contribution in [0, 0.1) is 5.82 Å². The smallest absolute Gasteiger partial charge is 0.150 e. The molecule has 0 aliphatic rings. The van der Waals surface area contributed by atoms with Gasteiger partial charge in [0.15, 0.2) is 5.82 Å². The minimum absolute atomic E-state index is 0.233. The normalized spacial score (nSPS) is 11.6. The maximum Gasteiger partial charge on any atom is 0.150 e. The molecule has 0 saturated heterocycles. The molecule has 0 aliphatic heterocycles. The fraction of sp³-hybridized carbons (Fsp3) is 0.250. The summed E-state index contributed by atoms with van der Waals surface area (Å²) in [5.41, 5.74) is 13.3. The van der Waals surface area contributed by atoms with Gasteiger partial charge < -0.3 is 11.5 Å². The standard InChI is InChI=1S/C16H19FN4S/c1-2-3-14(18)20-13-8-9-15(21-16(13)19)22-10-11-4-6-12(17)7-5-11/h4-9H,2-3,10H2,1H3,(H2,18,20)(H2,19,21). The minimum atomic E-state index is -0.233. The lowest BCUT2D eigenvalue weighted by Gasteiger charge is -2.05. The number of hydrogen-bond acceptors (Lipinski definition) is 4. The number of nitrogens with zero attached hydrogens (tertiary/aromatic N) is 2. The molecule has 116 valence electrons. The van der Waals surface area contributed by atoms with Crippen molar-refractivity contribution in [3.8, 4) is 0 Å². The molecular formula is C16H19FN4S. The molecule has 0 saturated carbocycles.